The summed E-state index contributed by atoms with van der Waals surface area (Å²) in [6.45, 7) is 3.62. The number of hydrogen-bond donors (Lipinski definition) is 2. The Kier molecular flexibility index (Phi) is 3.83. The van der Waals surface area contributed by atoms with Crippen molar-refractivity contribution in [1.29, 1.82) is 0 Å². The number of carbonyl (C=O) groups excluding carboxylic acids is 1. The Morgan fingerprint density at radius 1 is 1.20 bits per heavy atom. The molecule has 20 heavy (non-hydrogen) atoms. The van der Waals surface area contributed by atoms with Crippen LogP contribution >= 0.6 is 0 Å². The maximum atomic E-state index is 11.8. The van der Waals surface area contributed by atoms with Crippen LogP contribution in [0.25, 0.3) is 0 Å². The fourth-order valence-corrected chi connectivity index (χ4v) is 2.64. The van der Waals surface area contributed by atoms with Gasteiger partial charge in [-0.25, -0.2) is 0 Å². The predicted molar refractivity (Wildman–Crippen MR) is 78.5 cm³/mol. The van der Waals surface area contributed by atoms with Crippen LogP contribution in [-0.2, 0) is 13.0 Å². The summed E-state index contributed by atoms with van der Waals surface area (Å²) in [5.41, 5.74) is 3.49. The van der Waals surface area contributed by atoms with Gasteiger partial charge in [-0.3, -0.25) is 9.69 Å². The molecule has 1 aromatic heterocycles. The van der Waals surface area contributed by atoms with E-state index in [4.69, 9.17) is 0 Å². The molecular formula is C16H19N3O. The van der Waals surface area contributed by atoms with Crippen molar-refractivity contribution in [2.24, 2.45) is 0 Å². The third-order valence-electron chi connectivity index (χ3n) is 3.77. The van der Waals surface area contributed by atoms with Crippen molar-refractivity contribution in [2.45, 2.75) is 13.0 Å². The van der Waals surface area contributed by atoms with Gasteiger partial charge in [-0.2, -0.15) is 0 Å². The molecule has 0 bridgehead atoms. The molecule has 104 valence electrons. The summed E-state index contributed by atoms with van der Waals surface area (Å²) in [5, 5.41) is 2.94. The van der Waals surface area contributed by atoms with E-state index >= 15 is 0 Å². The summed E-state index contributed by atoms with van der Waals surface area (Å²) in [4.78, 5) is 17.1. The van der Waals surface area contributed by atoms with Crippen molar-refractivity contribution in [3.63, 3.8) is 0 Å². The Bertz CT molecular complexity index is 577. The minimum atomic E-state index is -0.0348. The third kappa shape index (κ3) is 2.91. The molecule has 4 nitrogen and oxygen atoms in total. The van der Waals surface area contributed by atoms with Gasteiger partial charge in [-0.05, 0) is 29.7 Å². The van der Waals surface area contributed by atoms with Gasteiger partial charge in [0.2, 0.25) is 0 Å². The number of H-pyrrole nitrogens is 1. The van der Waals surface area contributed by atoms with E-state index in [-0.39, 0.29) is 5.91 Å². The Labute approximate surface area is 118 Å². The van der Waals surface area contributed by atoms with Gasteiger partial charge in [-0.15, -0.1) is 0 Å². The van der Waals surface area contributed by atoms with Crippen LogP contribution in [0.5, 0.6) is 0 Å². The van der Waals surface area contributed by atoms with Crippen LogP contribution in [0.15, 0.2) is 42.6 Å². The highest BCUT2D eigenvalue weighted by molar-refractivity contribution is 5.92. The van der Waals surface area contributed by atoms with E-state index in [1.807, 2.05) is 6.07 Å². The maximum Gasteiger partial charge on any atom is 0.267 e. The number of carbonyl (C=O) groups is 1. The summed E-state index contributed by atoms with van der Waals surface area (Å²) in [6.07, 6.45) is 2.86. The Morgan fingerprint density at radius 2 is 2.05 bits per heavy atom. The monoisotopic (exact) mass is 269 g/mol. The summed E-state index contributed by atoms with van der Waals surface area (Å²) >= 11 is 0. The quantitative estimate of drug-likeness (QED) is 0.889. The number of fused-ring (bicyclic) bond motifs is 1. The minimum absolute atomic E-state index is 0.0348. The lowest BCUT2D eigenvalue weighted by Crippen LogP contribution is -2.37. The second-order valence-corrected chi connectivity index (χ2v) is 5.13. The molecular weight excluding hydrogens is 250 g/mol. The van der Waals surface area contributed by atoms with Crippen molar-refractivity contribution < 1.29 is 4.79 Å². The highest BCUT2D eigenvalue weighted by atomic mass is 16.1. The second kappa shape index (κ2) is 5.92. The van der Waals surface area contributed by atoms with E-state index in [0.717, 1.165) is 26.1 Å². The molecule has 0 aliphatic carbocycles. The molecule has 4 heteroatoms. The molecule has 2 N–H and O–H groups in total. The van der Waals surface area contributed by atoms with E-state index in [2.05, 4.69) is 39.5 Å². The summed E-state index contributed by atoms with van der Waals surface area (Å²) < 4.78 is 0. The zero-order chi connectivity index (χ0) is 13.8. The van der Waals surface area contributed by atoms with Gasteiger partial charge in [0.1, 0.15) is 5.69 Å². The van der Waals surface area contributed by atoms with Crippen LogP contribution in [0.1, 0.15) is 21.6 Å². The predicted octanol–water partition coefficient (Wildman–Crippen LogP) is 1.80. The van der Waals surface area contributed by atoms with Gasteiger partial charge in [0.15, 0.2) is 0 Å². The average molecular weight is 269 g/mol. The molecule has 0 saturated heterocycles. The number of nitrogens with one attached hydrogen (secondary N) is 2. The topological polar surface area (TPSA) is 48.1 Å². The summed E-state index contributed by atoms with van der Waals surface area (Å²) in [7, 11) is 0. The van der Waals surface area contributed by atoms with E-state index in [1.165, 1.54) is 11.1 Å². The lowest BCUT2D eigenvalue weighted by atomic mass is 10.00. The van der Waals surface area contributed by atoms with E-state index in [1.54, 1.807) is 12.3 Å². The number of aromatic nitrogens is 1. The molecule has 0 atom stereocenters. The molecule has 1 amide bonds. The Balaban J connectivity index is 1.47. The zero-order valence-electron chi connectivity index (χ0n) is 11.4. The van der Waals surface area contributed by atoms with Crippen molar-refractivity contribution in [1.82, 2.24) is 15.2 Å². The highest BCUT2D eigenvalue weighted by Gasteiger charge is 2.15. The van der Waals surface area contributed by atoms with Gasteiger partial charge < -0.3 is 10.3 Å². The molecule has 0 fully saturated rings. The van der Waals surface area contributed by atoms with Crippen LogP contribution in [0.2, 0.25) is 0 Å². The van der Waals surface area contributed by atoms with Crippen LogP contribution in [0.4, 0.5) is 0 Å². The van der Waals surface area contributed by atoms with Crippen molar-refractivity contribution in [3.8, 4) is 0 Å². The standard InChI is InChI=1S/C16H19N3O/c20-16(15-6-3-8-17-15)18-9-11-19-10-7-13-4-1-2-5-14(13)12-19/h1-6,8,17H,7,9-12H2,(H,18,20). The largest absolute Gasteiger partial charge is 0.357 e. The third-order valence-corrected chi connectivity index (χ3v) is 3.77. The van der Waals surface area contributed by atoms with Crippen molar-refractivity contribution in [3.05, 3.63) is 59.4 Å². The van der Waals surface area contributed by atoms with E-state index in [0.29, 0.717) is 12.2 Å². The summed E-state index contributed by atoms with van der Waals surface area (Å²) in [6, 6.07) is 12.2. The van der Waals surface area contributed by atoms with Crippen LogP contribution in [-0.4, -0.2) is 35.4 Å². The molecule has 2 aromatic rings. The number of aromatic amines is 1. The van der Waals surface area contributed by atoms with E-state index in [9.17, 15) is 4.79 Å². The van der Waals surface area contributed by atoms with Gasteiger partial charge >= 0.3 is 0 Å². The smallest absolute Gasteiger partial charge is 0.267 e. The molecule has 2 heterocycles. The molecule has 0 spiro atoms. The first kappa shape index (κ1) is 12.9. The first-order valence-electron chi connectivity index (χ1n) is 7.03. The van der Waals surface area contributed by atoms with Gasteiger partial charge in [0, 0.05) is 32.4 Å². The lowest BCUT2D eigenvalue weighted by molar-refractivity contribution is 0.0943. The van der Waals surface area contributed by atoms with Crippen LogP contribution in [0, 0.1) is 0 Å². The Hall–Kier alpha value is -2.07. The maximum absolute atomic E-state index is 11.8. The number of hydrogen-bond acceptors (Lipinski definition) is 2. The number of nitrogens with zero attached hydrogens (tertiary/aromatic N) is 1. The summed E-state index contributed by atoms with van der Waals surface area (Å²) in [5.74, 6) is -0.0348. The zero-order valence-corrected chi connectivity index (χ0v) is 11.4. The highest BCUT2D eigenvalue weighted by Crippen LogP contribution is 2.17. The van der Waals surface area contributed by atoms with Crippen LogP contribution in [0.3, 0.4) is 0 Å². The molecule has 1 aromatic carbocycles. The fraction of sp³-hybridized carbons (Fsp3) is 0.312. The lowest BCUT2D eigenvalue weighted by Gasteiger charge is -2.28. The average Bonchev–Trinajstić information content (AvgIpc) is 3.01. The SMILES string of the molecule is O=C(NCCN1CCc2ccccc2C1)c1ccc[nH]1. The van der Waals surface area contributed by atoms with E-state index < -0.39 is 0 Å². The molecule has 0 saturated carbocycles. The number of rotatable bonds is 4. The first-order chi connectivity index (χ1) is 9.83. The normalized spacial score (nSPS) is 14.8. The minimum Gasteiger partial charge on any atom is -0.357 e. The van der Waals surface area contributed by atoms with Crippen molar-refractivity contribution >= 4 is 5.91 Å². The number of benzene rings is 1. The first-order valence-corrected chi connectivity index (χ1v) is 7.03. The second-order valence-electron chi connectivity index (χ2n) is 5.13. The molecule has 0 unspecified atom stereocenters. The Morgan fingerprint density at radius 3 is 2.85 bits per heavy atom. The molecule has 1 aliphatic rings. The van der Waals surface area contributed by atoms with Gasteiger partial charge in [-0.1, -0.05) is 24.3 Å². The molecule has 0 radical (unpaired) electrons. The molecule has 3 rings (SSSR count). The van der Waals surface area contributed by atoms with Gasteiger partial charge in [0.25, 0.3) is 5.91 Å². The number of amides is 1. The fourth-order valence-electron chi connectivity index (χ4n) is 2.64. The van der Waals surface area contributed by atoms with Crippen molar-refractivity contribution in [2.75, 3.05) is 19.6 Å². The molecule has 1 aliphatic heterocycles. The van der Waals surface area contributed by atoms with Gasteiger partial charge in [0.05, 0.1) is 0 Å². The van der Waals surface area contributed by atoms with Crippen LogP contribution < -0.4 is 5.32 Å².